The molecule has 0 aliphatic carbocycles. The summed E-state index contributed by atoms with van der Waals surface area (Å²) in [5.74, 6) is -0.0472. The van der Waals surface area contributed by atoms with Crippen LogP contribution >= 0.6 is 0 Å². The first-order chi connectivity index (χ1) is 16.8. The summed E-state index contributed by atoms with van der Waals surface area (Å²) in [6.07, 6.45) is -1.85. The van der Waals surface area contributed by atoms with Gasteiger partial charge in [-0.05, 0) is 35.9 Å². The van der Waals surface area contributed by atoms with Gasteiger partial charge in [0.2, 0.25) is 5.91 Å². The maximum atomic E-state index is 12.5. The number of piperazine rings is 1. The zero-order valence-electron chi connectivity index (χ0n) is 18.8. The van der Waals surface area contributed by atoms with Crippen LogP contribution in [0.5, 0.6) is 0 Å². The average molecular weight is 483 g/mol. The molecule has 4 aromatic rings. The Morgan fingerprint density at radius 1 is 1.03 bits per heavy atom. The van der Waals surface area contributed by atoms with E-state index < -0.39 is 18.5 Å². The molecule has 1 fully saturated rings. The SMILES string of the molecule is O=C(CC(F)(F)F)N1CCN(Cc2ccnc(Cc3nc4ccc(-c5ccn[nH]5)cc4[nH]3)c2)CC1. The largest absolute Gasteiger partial charge is 0.397 e. The molecule has 0 radical (unpaired) electrons. The van der Waals surface area contributed by atoms with Gasteiger partial charge in [-0.3, -0.25) is 19.8 Å². The van der Waals surface area contributed by atoms with E-state index in [2.05, 4.69) is 30.0 Å². The zero-order chi connectivity index (χ0) is 24.4. The van der Waals surface area contributed by atoms with Crippen LogP contribution in [0.1, 0.15) is 23.5 Å². The molecule has 5 rings (SSSR count). The van der Waals surface area contributed by atoms with Gasteiger partial charge in [-0.25, -0.2) is 4.98 Å². The van der Waals surface area contributed by atoms with Crippen LogP contribution in [0, 0.1) is 0 Å². The first kappa shape index (κ1) is 23.0. The van der Waals surface area contributed by atoms with Crippen molar-refractivity contribution < 1.29 is 18.0 Å². The number of halogens is 3. The molecule has 0 bridgehead atoms. The van der Waals surface area contributed by atoms with Crippen molar-refractivity contribution in [2.75, 3.05) is 26.2 Å². The molecule has 1 aromatic carbocycles. The van der Waals surface area contributed by atoms with Crippen molar-refractivity contribution >= 4 is 16.9 Å². The number of alkyl halides is 3. The minimum atomic E-state index is -4.47. The Bertz CT molecular complexity index is 1310. The lowest BCUT2D eigenvalue weighted by Gasteiger charge is -2.35. The fourth-order valence-electron chi connectivity index (χ4n) is 4.32. The Balaban J connectivity index is 1.20. The third-order valence-corrected chi connectivity index (χ3v) is 6.06. The normalized spacial score (nSPS) is 15.1. The van der Waals surface area contributed by atoms with E-state index in [4.69, 9.17) is 0 Å². The van der Waals surface area contributed by atoms with Crippen LogP contribution in [0.15, 0.2) is 48.8 Å². The predicted octanol–water partition coefficient (Wildman–Crippen LogP) is 3.54. The molecule has 182 valence electrons. The number of hydrogen-bond acceptors (Lipinski definition) is 5. The van der Waals surface area contributed by atoms with E-state index in [-0.39, 0.29) is 0 Å². The Morgan fingerprint density at radius 2 is 1.86 bits per heavy atom. The van der Waals surface area contributed by atoms with E-state index in [1.165, 1.54) is 4.90 Å². The smallest absolute Gasteiger partial charge is 0.342 e. The molecule has 1 saturated heterocycles. The molecule has 0 unspecified atom stereocenters. The van der Waals surface area contributed by atoms with Crippen LogP contribution in [0.2, 0.25) is 0 Å². The van der Waals surface area contributed by atoms with Gasteiger partial charge in [-0.15, -0.1) is 0 Å². The minimum absolute atomic E-state index is 0.298. The van der Waals surface area contributed by atoms with Crippen LogP contribution in [0.4, 0.5) is 13.2 Å². The maximum absolute atomic E-state index is 12.5. The summed E-state index contributed by atoms with van der Waals surface area (Å²) in [4.78, 5) is 27.7. The lowest BCUT2D eigenvalue weighted by atomic mass is 10.1. The molecule has 11 heteroatoms. The minimum Gasteiger partial charge on any atom is -0.342 e. The van der Waals surface area contributed by atoms with Crippen LogP contribution in [-0.2, 0) is 17.8 Å². The summed E-state index contributed by atoms with van der Waals surface area (Å²) in [5.41, 5.74) is 5.68. The molecule has 2 N–H and O–H groups in total. The standard InChI is InChI=1S/C24H24F3N7O/c25-24(26,27)14-23(35)34-9-7-33(8-10-34)15-16-3-5-28-18(11-16)13-22-30-20-2-1-17(12-21(20)31-22)19-4-6-29-32-19/h1-6,11-12H,7-10,13-15H2,(H,29,32)(H,30,31). The van der Waals surface area contributed by atoms with Crippen LogP contribution in [0.3, 0.4) is 0 Å². The molecule has 0 atom stereocenters. The number of hydrogen-bond donors (Lipinski definition) is 2. The second kappa shape index (κ2) is 9.49. The number of carbonyl (C=O) groups excluding carboxylic acids is 1. The monoisotopic (exact) mass is 483 g/mol. The number of nitrogens with zero attached hydrogens (tertiary/aromatic N) is 5. The molecule has 0 saturated carbocycles. The number of amides is 1. The van der Waals surface area contributed by atoms with E-state index in [0.717, 1.165) is 39.4 Å². The number of rotatable bonds is 6. The molecule has 8 nitrogen and oxygen atoms in total. The highest BCUT2D eigenvalue weighted by atomic mass is 19.4. The number of aromatic amines is 2. The van der Waals surface area contributed by atoms with Crippen molar-refractivity contribution in [1.82, 2.24) is 34.9 Å². The Morgan fingerprint density at radius 3 is 2.60 bits per heavy atom. The predicted molar refractivity (Wildman–Crippen MR) is 123 cm³/mol. The Kier molecular flexibility index (Phi) is 6.25. The van der Waals surface area contributed by atoms with Gasteiger partial charge in [0.05, 0.1) is 16.7 Å². The average Bonchev–Trinajstić information content (AvgIpc) is 3.48. The first-order valence-corrected chi connectivity index (χ1v) is 11.3. The molecule has 1 amide bonds. The summed E-state index contributed by atoms with van der Waals surface area (Å²) in [6.45, 7) is 2.30. The number of imidazole rings is 1. The molecule has 1 aliphatic heterocycles. The number of nitrogens with one attached hydrogen (secondary N) is 2. The van der Waals surface area contributed by atoms with Crippen molar-refractivity contribution in [2.45, 2.75) is 25.6 Å². The van der Waals surface area contributed by atoms with Gasteiger partial charge in [0.25, 0.3) is 0 Å². The number of fused-ring (bicyclic) bond motifs is 1. The molecule has 0 spiro atoms. The molecular formula is C24H24F3N7O. The number of aromatic nitrogens is 5. The first-order valence-electron chi connectivity index (χ1n) is 11.3. The molecule has 3 aromatic heterocycles. The van der Waals surface area contributed by atoms with Crippen molar-refractivity contribution in [3.63, 3.8) is 0 Å². The number of benzene rings is 1. The van der Waals surface area contributed by atoms with Gasteiger partial charge in [-0.1, -0.05) is 6.07 Å². The number of H-pyrrole nitrogens is 2. The van der Waals surface area contributed by atoms with Crippen molar-refractivity contribution in [3.8, 4) is 11.3 Å². The van der Waals surface area contributed by atoms with E-state index in [0.29, 0.717) is 39.1 Å². The van der Waals surface area contributed by atoms with Crippen LogP contribution in [-0.4, -0.2) is 73.2 Å². The topological polar surface area (TPSA) is 93.8 Å². The molecule has 35 heavy (non-hydrogen) atoms. The fourth-order valence-corrected chi connectivity index (χ4v) is 4.32. The van der Waals surface area contributed by atoms with Gasteiger partial charge in [0.1, 0.15) is 12.2 Å². The van der Waals surface area contributed by atoms with Crippen LogP contribution < -0.4 is 0 Å². The van der Waals surface area contributed by atoms with E-state index in [1.807, 2.05) is 36.4 Å². The molecule has 1 aliphatic rings. The highest BCUT2D eigenvalue weighted by Gasteiger charge is 2.34. The third-order valence-electron chi connectivity index (χ3n) is 6.06. The summed E-state index contributed by atoms with van der Waals surface area (Å²) in [7, 11) is 0. The summed E-state index contributed by atoms with van der Waals surface area (Å²) >= 11 is 0. The van der Waals surface area contributed by atoms with Gasteiger partial charge >= 0.3 is 6.18 Å². The van der Waals surface area contributed by atoms with E-state index in [1.54, 1.807) is 12.4 Å². The fraction of sp³-hybridized carbons (Fsp3) is 0.333. The molecule has 4 heterocycles. The van der Waals surface area contributed by atoms with Gasteiger partial charge in [-0.2, -0.15) is 18.3 Å². The second-order valence-corrected chi connectivity index (χ2v) is 8.67. The lowest BCUT2D eigenvalue weighted by molar-refractivity contribution is -0.162. The Hall–Kier alpha value is -3.73. The van der Waals surface area contributed by atoms with E-state index in [9.17, 15) is 18.0 Å². The number of carbonyl (C=O) groups is 1. The second-order valence-electron chi connectivity index (χ2n) is 8.67. The number of pyridine rings is 1. The van der Waals surface area contributed by atoms with Crippen molar-refractivity contribution in [2.24, 2.45) is 0 Å². The highest BCUT2D eigenvalue weighted by molar-refractivity contribution is 5.81. The van der Waals surface area contributed by atoms with Gasteiger partial charge in [0.15, 0.2) is 0 Å². The van der Waals surface area contributed by atoms with E-state index >= 15 is 0 Å². The lowest BCUT2D eigenvalue weighted by Crippen LogP contribution is -2.49. The highest BCUT2D eigenvalue weighted by Crippen LogP contribution is 2.23. The summed E-state index contributed by atoms with van der Waals surface area (Å²) in [6, 6.07) is 11.9. The van der Waals surface area contributed by atoms with Crippen LogP contribution in [0.25, 0.3) is 22.3 Å². The summed E-state index contributed by atoms with van der Waals surface area (Å²) in [5, 5.41) is 6.95. The van der Waals surface area contributed by atoms with Crippen molar-refractivity contribution in [3.05, 3.63) is 65.9 Å². The van der Waals surface area contributed by atoms with Crippen molar-refractivity contribution in [1.29, 1.82) is 0 Å². The Labute approximate surface area is 199 Å². The van der Waals surface area contributed by atoms with Gasteiger partial charge in [0, 0.05) is 62.8 Å². The third kappa shape index (κ3) is 5.68. The summed E-state index contributed by atoms with van der Waals surface area (Å²) < 4.78 is 37.4. The van der Waals surface area contributed by atoms with Gasteiger partial charge < -0.3 is 9.88 Å². The maximum Gasteiger partial charge on any atom is 0.397 e. The quantitative estimate of drug-likeness (QED) is 0.438. The zero-order valence-corrected chi connectivity index (χ0v) is 18.8. The molecular weight excluding hydrogens is 459 g/mol.